The lowest BCUT2D eigenvalue weighted by Gasteiger charge is -2.12. The van der Waals surface area contributed by atoms with Crippen molar-refractivity contribution < 1.29 is 4.79 Å². The van der Waals surface area contributed by atoms with E-state index >= 15 is 0 Å². The lowest BCUT2D eigenvalue weighted by atomic mass is 10.1. The standard InChI is InChI=1S/C19H19N5OS2/c1-4-24-16(15-8-6-5-7-12(15)2)22-23-19(24)27-13(3)17(25)21-18-14(11-20)9-10-26-18/h5-10,13H,4H2,1-3H3,(H,21,25)/t13-/m0/s1. The van der Waals surface area contributed by atoms with E-state index in [1.807, 2.05) is 49.6 Å². The second-order valence-electron chi connectivity index (χ2n) is 5.89. The summed E-state index contributed by atoms with van der Waals surface area (Å²) in [6.07, 6.45) is 0. The van der Waals surface area contributed by atoms with E-state index in [0.717, 1.165) is 17.0 Å². The molecular weight excluding hydrogens is 378 g/mol. The molecule has 0 bridgehead atoms. The highest BCUT2D eigenvalue weighted by atomic mass is 32.2. The minimum atomic E-state index is -0.377. The zero-order valence-corrected chi connectivity index (χ0v) is 16.9. The summed E-state index contributed by atoms with van der Waals surface area (Å²) in [5, 5.41) is 23.2. The van der Waals surface area contributed by atoms with Crippen LogP contribution in [0.4, 0.5) is 5.00 Å². The molecule has 1 amide bonds. The fraction of sp³-hybridized carbons (Fsp3) is 0.263. The van der Waals surface area contributed by atoms with E-state index in [9.17, 15) is 4.79 Å². The second kappa shape index (κ2) is 8.37. The number of hydrogen-bond acceptors (Lipinski definition) is 6. The van der Waals surface area contributed by atoms with Crippen LogP contribution in [0.25, 0.3) is 11.4 Å². The molecule has 2 aromatic heterocycles. The first-order valence-corrected chi connectivity index (χ1v) is 10.2. The molecule has 8 heteroatoms. The molecule has 0 saturated carbocycles. The van der Waals surface area contributed by atoms with Crippen LogP contribution in [0.5, 0.6) is 0 Å². The number of nitrogens with one attached hydrogen (secondary N) is 1. The Balaban J connectivity index is 1.78. The Hall–Kier alpha value is -2.63. The Morgan fingerprint density at radius 2 is 2.15 bits per heavy atom. The predicted octanol–water partition coefficient (Wildman–Crippen LogP) is 4.33. The maximum absolute atomic E-state index is 12.5. The molecular formula is C19H19N5OS2. The van der Waals surface area contributed by atoms with Crippen LogP contribution < -0.4 is 5.32 Å². The van der Waals surface area contributed by atoms with Gasteiger partial charge in [0.1, 0.15) is 11.1 Å². The van der Waals surface area contributed by atoms with Gasteiger partial charge in [-0.1, -0.05) is 36.0 Å². The van der Waals surface area contributed by atoms with Crippen molar-refractivity contribution in [3.63, 3.8) is 0 Å². The highest BCUT2D eigenvalue weighted by Crippen LogP contribution is 2.29. The molecule has 1 aromatic carbocycles. The zero-order valence-electron chi connectivity index (χ0n) is 15.3. The lowest BCUT2D eigenvalue weighted by Crippen LogP contribution is -2.22. The molecule has 2 heterocycles. The average Bonchev–Trinajstić information content (AvgIpc) is 3.28. The van der Waals surface area contributed by atoms with Crippen LogP contribution in [-0.4, -0.2) is 25.9 Å². The van der Waals surface area contributed by atoms with Gasteiger partial charge in [0.25, 0.3) is 0 Å². The van der Waals surface area contributed by atoms with Crippen LogP contribution in [0.2, 0.25) is 0 Å². The quantitative estimate of drug-likeness (QED) is 0.626. The summed E-state index contributed by atoms with van der Waals surface area (Å²) in [4.78, 5) is 12.5. The van der Waals surface area contributed by atoms with E-state index in [1.54, 1.807) is 11.4 Å². The number of anilines is 1. The molecule has 0 fully saturated rings. The molecule has 0 unspecified atom stereocenters. The SMILES string of the molecule is CCn1c(S[C@@H](C)C(=O)Nc2sccc2C#N)nnc1-c1ccccc1C. The molecule has 3 rings (SSSR count). The summed E-state index contributed by atoms with van der Waals surface area (Å²) < 4.78 is 2.02. The van der Waals surface area contributed by atoms with E-state index in [0.29, 0.717) is 22.3 Å². The van der Waals surface area contributed by atoms with E-state index in [4.69, 9.17) is 5.26 Å². The molecule has 1 N–H and O–H groups in total. The average molecular weight is 398 g/mol. The number of aromatic nitrogens is 3. The normalized spacial score (nSPS) is 11.8. The largest absolute Gasteiger partial charge is 0.316 e. The number of aryl methyl sites for hydroxylation is 1. The third kappa shape index (κ3) is 4.04. The van der Waals surface area contributed by atoms with Crippen molar-refractivity contribution in [2.24, 2.45) is 0 Å². The Morgan fingerprint density at radius 3 is 2.85 bits per heavy atom. The number of benzene rings is 1. The van der Waals surface area contributed by atoms with Crippen molar-refractivity contribution in [3.8, 4) is 17.5 Å². The molecule has 0 saturated heterocycles. The number of carbonyl (C=O) groups excluding carboxylic acids is 1. The highest BCUT2D eigenvalue weighted by molar-refractivity contribution is 8.00. The van der Waals surface area contributed by atoms with Crippen molar-refractivity contribution >= 4 is 34.0 Å². The van der Waals surface area contributed by atoms with E-state index in [2.05, 4.69) is 21.6 Å². The molecule has 27 heavy (non-hydrogen) atoms. The van der Waals surface area contributed by atoms with Gasteiger partial charge in [-0.25, -0.2) is 0 Å². The number of carbonyl (C=O) groups is 1. The third-order valence-electron chi connectivity index (χ3n) is 4.09. The summed E-state index contributed by atoms with van der Waals surface area (Å²) in [6, 6.07) is 11.8. The Labute approximate surface area is 166 Å². The zero-order chi connectivity index (χ0) is 19.4. The van der Waals surface area contributed by atoms with Crippen LogP contribution in [-0.2, 0) is 11.3 Å². The molecule has 3 aromatic rings. The topological polar surface area (TPSA) is 83.6 Å². The fourth-order valence-electron chi connectivity index (χ4n) is 2.60. The van der Waals surface area contributed by atoms with Crippen molar-refractivity contribution in [1.82, 2.24) is 14.8 Å². The molecule has 6 nitrogen and oxygen atoms in total. The smallest absolute Gasteiger partial charge is 0.238 e. The fourth-order valence-corrected chi connectivity index (χ4v) is 4.26. The molecule has 0 spiro atoms. The molecule has 0 radical (unpaired) electrons. The number of nitriles is 1. The number of thiophene rings is 1. The van der Waals surface area contributed by atoms with Gasteiger partial charge < -0.3 is 9.88 Å². The third-order valence-corrected chi connectivity index (χ3v) is 6.00. The number of nitrogens with zero attached hydrogens (tertiary/aromatic N) is 4. The number of amides is 1. The number of rotatable bonds is 6. The van der Waals surface area contributed by atoms with Crippen molar-refractivity contribution in [2.45, 2.75) is 37.7 Å². The Bertz CT molecular complexity index is 1000. The number of thioether (sulfide) groups is 1. The van der Waals surface area contributed by atoms with Gasteiger partial charge in [-0.15, -0.1) is 21.5 Å². The minimum absolute atomic E-state index is 0.165. The second-order valence-corrected chi connectivity index (χ2v) is 8.11. The van der Waals surface area contributed by atoms with Crippen LogP contribution in [0.15, 0.2) is 40.9 Å². The summed E-state index contributed by atoms with van der Waals surface area (Å²) >= 11 is 2.70. The van der Waals surface area contributed by atoms with Gasteiger partial charge in [-0.2, -0.15) is 5.26 Å². The highest BCUT2D eigenvalue weighted by Gasteiger charge is 2.21. The van der Waals surface area contributed by atoms with Crippen LogP contribution in [0.1, 0.15) is 25.0 Å². The van der Waals surface area contributed by atoms with E-state index in [-0.39, 0.29) is 11.2 Å². The summed E-state index contributed by atoms with van der Waals surface area (Å²) in [5.41, 5.74) is 2.64. The molecule has 138 valence electrons. The summed E-state index contributed by atoms with van der Waals surface area (Å²) in [5.74, 6) is 0.637. The monoisotopic (exact) mass is 397 g/mol. The first-order valence-electron chi connectivity index (χ1n) is 8.49. The van der Waals surface area contributed by atoms with Crippen LogP contribution in [0.3, 0.4) is 0 Å². The van der Waals surface area contributed by atoms with Crippen LogP contribution in [0, 0.1) is 18.3 Å². The van der Waals surface area contributed by atoms with Gasteiger partial charge >= 0.3 is 0 Å². The molecule has 0 aliphatic carbocycles. The van der Waals surface area contributed by atoms with Crippen molar-refractivity contribution in [1.29, 1.82) is 5.26 Å². The Morgan fingerprint density at radius 1 is 1.37 bits per heavy atom. The minimum Gasteiger partial charge on any atom is -0.316 e. The van der Waals surface area contributed by atoms with Gasteiger partial charge in [0.15, 0.2) is 11.0 Å². The van der Waals surface area contributed by atoms with Crippen molar-refractivity contribution in [2.75, 3.05) is 5.32 Å². The van der Waals surface area contributed by atoms with E-state index in [1.165, 1.54) is 23.1 Å². The van der Waals surface area contributed by atoms with Crippen LogP contribution >= 0.6 is 23.1 Å². The van der Waals surface area contributed by atoms with Gasteiger partial charge in [0.2, 0.25) is 5.91 Å². The molecule has 0 aliphatic heterocycles. The lowest BCUT2D eigenvalue weighted by molar-refractivity contribution is -0.115. The summed E-state index contributed by atoms with van der Waals surface area (Å²) in [6.45, 7) is 6.60. The number of hydrogen-bond donors (Lipinski definition) is 1. The maximum atomic E-state index is 12.5. The first kappa shape index (κ1) is 19.1. The van der Waals surface area contributed by atoms with Gasteiger partial charge in [-0.05, 0) is 37.8 Å². The van der Waals surface area contributed by atoms with Crippen molar-refractivity contribution in [3.05, 3.63) is 46.8 Å². The molecule has 0 aliphatic rings. The van der Waals surface area contributed by atoms with Gasteiger partial charge in [0, 0.05) is 12.1 Å². The summed E-state index contributed by atoms with van der Waals surface area (Å²) in [7, 11) is 0. The predicted molar refractivity (Wildman–Crippen MR) is 109 cm³/mol. The van der Waals surface area contributed by atoms with E-state index < -0.39 is 0 Å². The Kier molecular flexibility index (Phi) is 5.94. The molecule has 1 atom stereocenters. The van der Waals surface area contributed by atoms with Gasteiger partial charge in [-0.3, -0.25) is 4.79 Å². The first-order chi connectivity index (χ1) is 13.0. The van der Waals surface area contributed by atoms with Gasteiger partial charge in [0.05, 0.1) is 10.8 Å². The maximum Gasteiger partial charge on any atom is 0.238 e.